The number of fused-ring (bicyclic) bond motifs is 1. The van der Waals surface area contributed by atoms with E-state index in [4.69, 9.17) is 0 Å². The van der Waals surface area contributed by atoms with E-state index in [0.717, 1.165) is 5.56 Å². The second kappa shape index (κ2) is 10.7. The van der Waals surface area contributed by atoms with E-state index in [1.165, 1.54) is 6.07 Å². The maximum atomic E-state index is 14.0. The molecule has 1 saturated heterocycles. The van der Waals surface area contributed by atoms with Crippen molar-refractivity contribution in [1.29, 1.82) is 0 Å². The van der Waals surface area contributed by atoms with E-state index in [1.807, 2.05) is 50.2 Å². The second-order valence-electron chi connectivity index (χ2n) is 10.3. The molecule has 8 heteroatoms. The smallest absolute Gasteiger partial charge is 0.336 e. The van der Waals surface area contributed by atoms with Crippen molar-refractivity contribution in [3.63, 3.8) is 0 Å². The van der Waals surface area contributed by atoms with Gasteiger partial charge in [-0.25, -0.2) is 4.79 Å². The number of anilines is 1. The number of carboxylic acids is 1. The Morgan fingerprint density at radius 2 is 1.49 bits per heavy atom. The summed E-state index contributed by atoms with van der Waals surface area (Å²) in [5.41, 5.74) is 2.53. The molecular weight excluding hydrogens is 494 g/mol. The number of hydrogen-bond donors (Lipinski definition) is 2. The molecule has 0 saturated carbocycles. The van der Waals surface area contributed by atoms with Crippen LogP contribution in [-0.2, 0) is 4.79 Å². The summed E-state index contributed by atoms with van der Waals surface area (Å²) in [5.74, 6) is -2.38. The lowest BCUT2D eigenvalue weighted by Gasteiger charge is -2.36. The molecule has 1 fully saturated rings. The van der Waals surface area contributed by atoms with E-state index in [9.17, 15) is 24.3 Å². The standard InChI is InChI=1S/C31H31N3O5/c1-19(2)29(36)33-14-16-34(17-15-33)30(37)22-11-6-10-21(18-22)25-27(20-8-4-3-5-9-20)32-24-13-7-12-23(31(38)39)26(24)28(25)35/h3-13,18-19,25,27,32H,14-17H2,1-2H3,(H,38,39). The number of ketones is 1. The molecule has 200 valence electrons. The van der Waals surface area contributed by atoms with Crippen LogP contribution in [0, 0.1) is 5.92 Å². The second-order valence-corrected chi connectivity index (χ2v) is 10.3. The normalized spacial score (nSPS) is 18.9. The van der Waals surface area contributed by atoms with Crippen LogP contribution >= 0.6 is 0 Å². The zero-order chi connectivity index (χ0) is 27.7. The van der Waals surface area contributed by atoms with E-state index in [1.54, 1.807) is 40.1 Å². The van der Waals surface area contributed by atoms with Gasteiger partial charge in [-0.15, -0.1) is 0 Å². The molecule has 0 spiro atoms. The lowest BCUT2D eigenvalue weighted by molar-refractivity contribution is -0.135. The van der Waals surface area contributed by atoms with Gasteiger partial charge in [0.05, 0.1) is 23.1 Å². The number of Topliss-reactive ketones (excluding diaryl/α,β-unsaturated/α-hetero) is 1. The van der Waals surface area contributed by atoms with Gasteiger partial charge in [0.15, 0.2) is 5.78 Å². The lowest BCUT2D eigenvalue weighted by Crippen LogP contribution is -2.51. The SMILES string of the molecule is CC(C)C(=O)N1CCN(C(=O)c2cccc(C3C(=O)c4c(cccc4C(=O)O)NC3c3ccccc3)c2)CC1. The molecule has 2 N–H and O–H groups in total. The van der Waals surface area contributed by atoms with Crippen molar-refractivity contribution in [3.05, 3.63) is 101 Å². The number of benzene rings is 3. The molecule has 0 aliphatic carbocycles. The number of nitrogens with zero attached hydrogens (tertiary/aromatic N) is 2. The Kier molecular flexibility index (Phi) is 7.19. The number of carbonyl (C=O) groups excluding carboxylic acids is 3. The van der Waals surface area contributed by atoms with Crippen LogP contribution < -0.4 is 5.32 Å². The summed E-state index contributed by atoms with van der Waals surface area (Å²) < 4.78 is 0. The molecule has 2 atom stereocenters. The fourth-order valence-electron chi connectivity index (χ4n) is 5.50. The Balaban J connectivity index is 1.48. The fourth-order valence-corrected chi connectivity index (χ4v) is 5.50. The Morgan fingerprint density at radius 1 is 0.846 bits per heavy atom. The largest absolute Gasteiger partial charge is 0.478 e. The van der Waals surface area contributed by atoms with Crippen LogP contribution in [0.4, 0.5) is 5.69 Å². The van der Waals surface area contributed by atoms with E-state index < -0.39 is 17.9 Å². The summed E-state index contributed by atoms with van der Waals surface area (Å²) >= 11 is 0. The molecule has 8 nitrogen and oxygen atoms in total. The number of rotatable bonds is 5. The maximum absolute atomic E-state index is 14.0. The number of hydrogen-bond acceptors (Lipinski definition) is 5. The van der Waals surface area contributed by atoms with Gasteiger partial charge < -0.3 is 20.2 Å². The van der Waals surface area contributed by atoms with Crippen LogP contribution in [0.3, 0.4) is 0 Å². The molecule has 2 aliphatic rings. The van der Waals surface area contributed by atoms with Gasteiger partial charge in [0.1, 0.15) is 0 Å². The third-order valence-electron chi connectivity index (χ3n) is 7.49. The van der Waals surface area contributed by atoms with Crippen molar-refractivity contribution < 1.29 is 24.3 Å². The Morgan fingerprint density at radius 3 is 2.15 bits per heavy atom. The van der Waals surface area contributed by atoms with Gasteiger partial charge in [-0.2, -0.15) is 0 Å². The molecular formula is C31H31N3O5. The van der Waals surface area contributed by atoms with Crippen LogP contribution in [0.2, 0.25) is 0 Å². The number of carboxylic acid groups (broad SMARTS) is 1. The molecule has 3 aromatic carbocycles. The average molecular weight is 526 g/mol. The Labute approximate surface area is 227 Å². The minimum Gasteiger partial charge on any atom is -0.478 e. The fraction of sp³-hybridized carbons (Fsp3) is 0.290. The van der Waals surface area contributed by atoms with Gasteiger partial charge in [-0.05, 0) is 35.4 Å². The topological polar surface area (TPSA) is 107 Å². The zero-order valence-electron chi connectivity index (χ0n) is 22.0. The van der Waals surface area contributed by atoms with Gasteiger partial charge in [0, 0.05) is 43.3 Å². The monoisotopic (exact) mass is 525 g/mol. The Hall–Kier alpha value is -4.46. The van der Waals surface area contributed by atoms with Gasteiger partial charge >= 0.3 is 5.97 Å². The van der Waals surface area contributed by atoms with E-state index in [-0.39, 0.29) is 34.6 Å². The highest BCUT2D eigenvalue weighted by atomic mass is 16.4. The highest BCUT2D eigenvalue weighted by Crippen LogP contribution is 2.43. The summed E-state index contributed by atoms with van der Waals surface area (Å²) in [5, 5.41) is 13.2. The lowest BCUT2D eigenvalue weighted by atomic mass is 9.77. The number of piperazine rings is 1. The number of nitrogens with one attached hydrogen (secondary N) is 1. The molecule has 5 rings (SSSR count). The summed E-state index contributed by atoms with van der Waals surface area (Å²) in [6, 6.07) is 20.9. The molecule has 39 heavy (non-hydrogen) atoms. The first-order valence-electron chi connectivity index (χ1n) is 13.2. The van der Waals surface area contributed by atoms with E-state index in [2.05, 4.69) is 5.32 Å². The first-order valence-corrected chi connectivity index (χ1v) is 13.2. The third-order valence-corrected chi connectivity index (χ3v) is 7.49. The maximum Gasteiger partial charge on any atom is 0.336 e. The van der Waals surface area contributed by atoms with Crippen molar-refractivity contribution in [2.75, 3.05) is 31.5 Å². The van der Waals surface area contributed by atoms with Gasteiger partial charge in [0.25, 0.3) is 5.91 Å². The van der Waals surface area contributed by atoms with Crippen molar-refractivity contribution in [1.82, 2.24) is 9.80 Å². The predicted molar refractivity (Wildman–Crippen MR) is 147 cm³/mol. The minimum absolute atomic E-state index is 0.0532. The van der Waals surface area contributed by atoms with E-state index >= 15 is 0 Å². The third kappa shape index (κ3) is 5.02. The average Bonchev–Trinajstić information content (AvgIpc) is 2.96. The molecule has 2 unspecified atom stereocenters. The van der Waals surface area contributed by atoms with Crippen molar-refractivity contribution in [2.45, 2.75) is 25.8 Å². The first kappa shape index (κ1) is 26.2. The first-order chi connectivity index (χ1) is 18.8. The molecule has 2 amide bonds. The number of aromatic carboxylic acids is 1. The van der Waals surface area contributed by atoms with Crippen molar-refractivity contribution in [2.24, 2.45) is 5.92 Å². The minimum atomic E-state index is -1.17. The van der Waals surface area contributed by atoms with Crippen LogP contribution in [0.1, 0.15) is 68.0 Å². The van der Waals surface area contributed by atoms with Crippen molar-refractivity contribution in [3.8, 4) is 0 Å². The molecule has 0 radical (unpaired) electrons. The predicted octanol–water partition coefficient (Wildman–Crippen LogP) is 4.46. The molecule has 2 heterocycles. The Bertz CT molecular complexity index is 1430. The molecule has 3 aromatic rings. The van der Waals surface area contributed by atoms with Gasteiger partial charge in [-0.1, -0.05) is 62.4 Å². The van der Waals surface area contributed by atoms with Crippen molar-refractivity contribution >= 4 is 29.3 Å². The van der Waals surface area contributed by atoms with Crippen LogP contribution in [0.5, 0.6) is 0 Å². The molecule has 2 aliphatic heterocycles. The summed E-state index contributed by atoms with van der Waals surface area (Å²) in [7, 11) is 0. The summed E-state index contributed by atoms with van der Waals surface area (Å²) in [6.07, 6.45) is 0. The van der Waals surface area contributed by atoms with Crippen LogP contribution in [-0.4, -0.2) is 64.7 Å². The van der Waals surface area contributed by atoms with Gasteiger partial charge in [-0.3, -0.25) is 14.4 Å². The highest BCUT2D eigenvalue weighted by Gasteiger charge is 2.40. The van der Waals surface area contributed by atoms with Crippen LogP contribution in [0.25, 0.3) is 0 Å². The number of carbonyl (C=O) groups is 4. The number of amides is 2. The molecule has 0 aromatic heterocycles. The summed E-state index contributed by atoms with van der Waals surface area (Å²) in [4.78, 5) is 55.3. The highest BCUT2D eigenvalue weighted by molar-refractivity contribution is 6.14. The molecule has 0 bridgehead atoms. The summed E-state index contributed by atoms with van der Waals surface area (Å²) in [6.45, 7) is 5.58. The van der Waals surface area contributed by atoms with Gasteiger partial charge in [0.2, 0.25) is 5.91 Å². The van der Waals surface area contributed by atoms with Crippen LogP contribution in [0.15, 0.2) is 72.8 Å². The quantitative estimate of drug-likeness (QED) is 0.510. The van der Waals surface area contributed by atoms with E-state index in [0.29, 0.717) is 43.0 Å². The zero-order valence-corrected chi connectivity index (χ0v) is 22.0.